The Labute approximate surface area is 438 Å². The van der Waals surface area contributed by atoms with Crippen LogP contribution in [0.5, 0.6) is 0 Å². The molecule has 0 aliphatic carbocycles. The lowest BCUT2D eigenvalue weighted by Gasteiger charge is -2.26. The molecule has 75 heavy (non-hydrogen) atoms. The maximum atomic E-state index is 2.39. The Hall–Kier alpha value is -9.54. The zero-order valence-corrected chi connectivity index (χ0v) is 41.7. The highest BCUT2D eigenvalue weighted by Gasteiger charge is 2.18. The minimum Gasteiger partial charge on any atom is -0.311 e. The van der Waals surface area contributed by atoms with Crippen molar-refractivity contribution in [3.05, 3.63) is 279 Å². The van der Waals surface area contributed by atoms with Gasteiger partial charge in [0.1, 0.15) is 0 Å². The monoisotopic (exact) mass is 970 g/mol. The van der Waals surface area contributed by atoms with Gasteiger partial charge in [-0.1, -0.05) is 206 Å². The largest absolute Gasteiger partial charge is 0.311 e. The van der Waals surface area contributed by atoms with Gasteiger partial charge in [-0.25, -0.2) is 0 Å². The molecule has 3 heteroatoms. The molecule has 15 rings (SSSR count). The molecule has 13 aromatic carbocycles. The molecule has 350 valence electrons. The molecule has 0 spiro atoms. The van der Waals surface area contributed by atoms with E-state index < -0.39 is 0 Å². The molecule has 0 N–H and O–H groups in total. The van der Waals surface area contributed by atoms with Crippen LogP contribution in [0.3, 0.4) is 0 Å². The van der Waals surface area contributed by atoms with E-state index in [4.69, 9.17) is 0 Å². The molecule has 0 radical (unpaired) electrons. The van der Waals surface area contributed by atoms with E-state index in [0.29, 0.717) is 0 Å². The zero-order valence-electron chi connectivity index (χ0n) is 40.9. The predicted octanol–water partition coefficient (Wildman–Crippen LogP) is 20.7. The number of nitrogens with zero attached hydrogens (tertiary/aromatic N) is 2. The third-order valence-corrected chi connectivity index (χ3v) is 16.7. The van der Waals surface area contributed by atoms with Crippen LogP contribution in [0.1, 0.15) is 0 Å². The third-order valence-electron chi connectivity index (χ3n) is 15.4. The summed E-state index contributed by atoms with van der Waals surface area (Å²) in [6.45, 7) is 0. The number of aromatic nitrogens is 1. The highest BCUT2D eigenvalue weighted by molar-refractivity contribution is 7.27. The average Bonchev–Trinajstić information content (AvgIpc) is 4.04. The number of thiophene rings is 1. The first kappa shape index (κ1) is 43.1. The summed E-state index contributed by atoms with van der Waals surface area (Å²) in [5, 5.41) is 12.8. The van der Waals surface area contributed by atoms with Crippen molar-refractivity contribution in [2.75, 3.05) is 4.90 Å². The molecule has 0 bridgehead atoms. The lowest BCUT2D eigenvalue weighted by Crippen LogP contribution is -2.09. The van der Waals surface area contributed by atoms with E-state index in [-0.39, 0.29) is 0 Å². The van der Waals surface area contributed by atoms with Crippen LogP contribution in [-0.4, -0.2) is 4.57 Å². The summed E-state index contributed by atoms with van der Waals surface area (Å²) in [4.78, 5) is 2.38. The molecule has 0 fully saturated rings. The summed E-state index contributed by atoms with van der Waals surface area (Å²) in [5.41, 5.74) is 16.4. The van der Waals surface area contributed by atoms with E-state index in [1.54, 1.807) is 0 Å². The number of hydrogen-bond donors (Lipinski definition) is 0. The zero-order chi connectivity index (χ0) is 49.4. The van der Waals surface area contributed by atoms with Crippen molar-refractivity contribution in [2.24, 2.45) is 0 Å². The summed E-state index contributed by atoms with van der Waals surface area (Å²) < 4.78 is 5.06. The average molecular weight is 971 g/mol. The molecule has 0 aliphatic rings. The van der Waals surface area contributed by atoms with Crippen molar-refractivity contribution in [3.63, 3.8) is 0 Å². The molecule has 0 unspecified atom stereocenters. The molecule has 2 aromatic heterocycles. The van der Waals surface area contributed by atoms with Crippen LogP contribution in [0.25, 0.3) is 124 Å². The SMILES string of the molecule is c1cc(-c2ccc(N(c3ccc(-c4cccc(-n5c6ccccc6c6ccccc65)c4)cc3)c3ccc(-c4cccc5c4sc4c6ccccc6ccc54)cc3)cc2)cc(-c2cc3ccccc3c3ccccc23)c1. The molecule has 15 aromatic rings. The number of hydrogen-bond acceptors (Lipinski definition) is 2. The topological polar surface area (TPSA) is 8.17 Å². The van der Waals surface area contributed by atoms with E-state index in [2.05, 4.69) is 289 Å². The van der Waals surface area contributed by atoms with E-state index in [1.807, 2.05) is 11.3 Å². The Morgan fingerprint density at radius 3 is 1.43 bits per heavy atom. The number of rotatable bonds is 8. The highest BCUT2D eigenvalue weighted by atomic mass is 32.1. The van der Waals surface area contributed by atoms with Crippen LogP contribution in [0.4, 0.5) is 17.1 Å². The first-order valence-electron chi connectivity index (χ1n) is 25.7. The van der Waals surface area contributed by atoms with Crippen LogP contribution in [0, 0.1) is 0 Å². The Morgan fingerprint density at radius 1 is 0.253 bits per heavy atom. The summed E-state index contributed by atoms with van der Waals surface area (Å²) in [7, 11) is 0. The Kier molecular flexibility index (Phi) is 10.1. The summed E-state index contributed by atoms with van der Waals surface area (Å²) in [6.07, 6.45) is 0. The van der Waals surface area contributed by atoms with Gasteiger partial charge in [0, 0.05) is 53.7 Å². The number of para-hydroxylation sites is 2. The number of fused-ring (bicyclic) bond motifs is 11. The van der Waals surface area contributed by atoms with Gasteiger partial charge in [0.2, 0.25) is 0 Å². The predicted molar refractivity (Wildman–Crippen MR) is 323 cm³/mol. The Morgan fingerprint density at radius 2 is 0.747 bits per heavy atom. The molecule has 0 aliphatic heterocycles. The van der Waals surface area contributed by atoms with Crippen LogP contribution in [0.2, 0.25) is 0 Å². The molecule has 0 saturated carbocycles. The lowest BCUT2D eigenvalue weighted by molar-refractivity contribution is 1.18. The van der Waals surface area contributed by atoms with Crippen molar-refractivity contribution < 1.29 is 0 Å². The normalized spacial score (nSPS) is 11.7. The Balaban J connectivity index is 0.810. The maximum Gasteiger partial charge on any atom is 0.0541 e. The van der Waals surface area contributed by atoms with Crippen LogP contribution >= 0.6 is 11.3 Å². The van der Waals surface area contributed by atoms with Crippen LogP contribution < -0.4 is 4.90 Å². The van der Waals surface area contributed by atoms with Gasteiger partial charge in [-0.3, -0.25) is 0 Å². The van der Waals surface area contributed by atoms with Gasteiger partial charge in [0.25, 0.3) is 0 Å². The standard InChI is InChI=1S/C72H46N2S/c1-4-21-60-49(14-1)36-43-67-66-27-13-26-61(71(66)75-72(60)67)50-34-41-57(42-35-50)73(56-39-32-48(33-40-56)52-17-12-19-58(45-52)74-69-28-9-7-24-64(69)65-25-8-10-29-70(65)74)55-37-30-47(31-38-55)51-16-11-18-53(44-51)68-46-54-15-2-3-20-59(54)62-22-5-6-23-63(62)68/h1-46H. The van der Waals surface area contributed by atoms with Gasteiger partial charge in [0.05, 0.1) is 11.0 Å². The van der Waals surface area contributed by atoms with Gasteiger partial charge in [-0.2, -0.15) is 0 Å². The van der Waals surface area contributed by atoms with Crippen molar-refractivity contribution in [1.29, 1.82) is 0 Å². The fourth-order valence-corrected chi connectivity index (χ4v) is 13.2. The van der Waals surface area contributed by atoms with Crippen LogP contribution in [-0.2, 0) is 0 Å². The fourth-order valence-electron chi connectivity index (χ4n) is 11.8. The highest BCUT2D eigenvalue weighted by Crippen LogP contribution is 2.45. The van der Waals surface area contributed by atoms with Gasteiger partial charge in [0.15, 0.2) is 0 Å². The van der Waals surface area contributed by atoms with E-state index in [0.717, 1.165) is 28.3 Å². The second-order valence-corrected chi connectivity index (χ2v) is 20.6. The molecule has 2 nitrogen and oxygen atoms in total. The lowest BCUT2D eigenvalue weighted by atomic mass is 9.92. The number of anilines is 3. The first-order valence-corrected chi connectivity index (χ1v) is 26.5. The molecule has 2 heterocycles. The van der Waals surface area contributed by atoms with Crippen molar-refractivity contribution in [1.82, 2.24) is 4.57 Å². The minimum absolute atomic E-state index is 1.08. The van der Waals surface area contributed by atoms with Gasteiger partial charge in [-0.15, -0.1) is 11.3 Å². The van der Waals surface area contributed by atoms with Crippen molar-refractivity contribution in [2.45, 2.75) is 0 Å². The van der Waals surface area contributed by atoms with Gasteiger partial charge in [-0.05, 0) is 150 Å². The van der Waals surface area contributed by atoms with Gasteiger partial charge >= 0.3 is 0 Å². The van der Waals surface area contributed by atoms with Crippen molar-refractivity contribution in [3.8, 4) is 50.2 Å². The van der Waals surface area contributed by atoms with Crippen molar-refractivity contribution >= 4 is 103 Å². The summed E-state index contributed by atoms with van der Waals surface area (Å²) in [6, 6.07) is 103. The summed E-state index contributed by atoms with van der Waals surface area (Å²) >= 11 is 1.90. The Bertz CT molecular complexity index is 4640. The molecule has 0 atom stereocenters. The second-order valence-electron chi connectivity index (χ2n) is 19.6. The van der Waals surface area contributed by atoms with E-state index in [9.17, 15) is 0 Å². The number of benzene rings is 13. The fraction of sp³-hybridized carbons (Fsp3) is 0. The molecule has 0 saturated heterocycles. The molecular formula is C72H46N2S. The van der Waals surface area contributed by atoms with Crippen LogP contribution in [0.15, 0.2) is 279 Å². The second kappa shape index (κ2) is 17.6. The third kappa shape index (κ3) is 7.23. The quantitative estimate of drug-likeness (QED) is 0.138. The van der Waals surface area contributed by atoms with E-state index >= 15 is 0 Å². The maximum absolute atomic E-state index is 2.39. The molecular weight excluding hydrogens is 925 g/mol. The minimum atomic E-state index is 1.08. The van der Waals surface area contributed by atoms with E-state index in [1.165, 1.54) is 113 Å². The summed E-state index contributed by atoms with van der Waals surface area (Å²) in [5.74, 6) is 0. The smallest absolute Gasteiger partial charge is 0.0541 e. The molecule has 0 amide bonds. The van der Waals surface area contributed by atoms with Gasteiger partial charge < -0.3 is 9.47 Å². The first-order chi connectivity index (χ1) is 37.2.